The molecule has 3 heterocycles. The molecule has 0 aliphatic carbocycles. The number of nitrogens with zero attached hydrogens (tertiary/aromatic N) is 2. The van der Waals surface area contributed by atoms with Crippen LogP contribution in [-0.2, 0) is 6.42 Å². The first-order valence-corrected chi connectivity index (χ1v) is 7.17. The van der Waals surface area contributed by atoms with Gasteiger partial charge in [0.1, 0.15) is 0 Å². The van der Waals surface area contributed by atoms with Gasteiger partial charge in [-0.1, -0.05) is 6.07 Å². The lowest BCUT2D eigenvalue weighted by Gasteiger charge is -2.35. The largest absolute Gasteiger partial charge is 0.311 e. The second kappa shape index (κ2) is 5.37. The highest BCUT2D eigenvalue weighted by molar-refractivity contribution is 5.04. The van der Waals surface area contributed by atoms with E-state index in [0.717, 1.165) is 31.1 Å². The van der Waals surface area contributed by atoms with Crippen LogP contribution in [0.25, 0.3) is 0 Å². The van der Waals surface area contributed by atoms with Crippen LogP contribution in [0.4, 0.5) is 0 Å². The van der Waals surface area contributed by atoms with Crippen LogP contribution in [0, 0.1) is 0 Å². The van der Waals surface area contributed by atoms with Gasteiger partial charge in [-0.25, -0.2) is 0 Å². The summed E-state index contributed by atoms with van der Waals surface area (Å²) in [6.07, 6.45) is 8.38. The summed E-state index contributed by atoms with van der Waals surface area (Å²) in [4.78, 5) is 6.94. The van der Waals surface area contributed by atoms with Gasteiger partial charge in [0.05, 0.1) is 0 Å². The molecule has 2 saturated heterocycles. The highest BCUT2D eigenvalue weighted by atomic mass is 15.2. The van der Waals surface area contributed by atoms with E-state index in [1.54, 1.807) is 0 Å². The molecule has 3 rings (SSSR count). The van der Waals surface area contributed by atoms with Crippen LogP contribution < -0.4 is 5.32 Å². The van der Waals surface area contributed by atoms with E-state index in [1.807, 2.05) is 12.3 Å². The van der Waals surface area contributed by atoms with E-state index in [9.17, 15) is 0 Å². The molecule has 0 aromatic carbocycles. The van der Waals surface area contributed by atoms with Crippen molar-refractivity contribution in [2.45, 2.75) is 50.2 Å². The zero-order valence-corrected chi connectivity index (χ0v) is 11.2. The molecule has 2 unspecified atom stereocenters. The number of likely N-dealkylation sites (N-methyl/N-ethyl adjacent to an activating group) is 1. The monoisotopic (exact) mass is 245 g/mol. The zero-order chi connectivity index (χ0) is 12.4. The quantitative estimate of drug-likeness (QED) is 0.877. The molecule has 98 valence electrons. The second-order valence-corrected chi connectivity index (χ2v) is 5.81. The van der Waals surface area contributed by atoms with E-state index in [-0.39, 0.29) is 0 Å². The lowest BCUT2D eigenvalue weighted by molar-refractivity contribution is 0.174. The van der Waals surface area contributed by atoms with Crippen LogP contribution in [0.15, 0.2) is 24.4 Å². The van der Waals surface area contributed by atoms with E-state index in [2.05, 4.69) is 34.4 Å². The number of piperidine rings is 1. The number of pyridine rings is 1. The van der Waals surface area contributed by atoms with Gasteiger partial charge >= 0.3 is 0 Å². The molecule has 1 aromatic heterocycles. The molecule has 2 atom stereocenters. The van der Waals surface area contributed by atoms with Gasteiger partial charge in [0.25, 0.3) is 0 Å². The van der Waals surface area contributed by atoms with Crippen LogP contribution in [-0.4, -0.2) is 41.6 Å². The molecule has 3 heteroatoms. The number of hydrogen-bond acceptors (Lipinski definition) is 3. The molecule has 2 fully saturated rings. The van der Waals surface area contributed by atoms with Gasteiger partial charge in [-0.2, -0.15) is 0 Å². The highest BCUT2D eigenvalue weighted by Gasteiger charge is 2.34. The Balaban J connectivity index is 1.51. The number of hydrogen-bond donors (Lipinski definition) is 1. The van der Waals surface area contributed by atoms with Crippen molar-refractivity contribution < 1.29 is 0 Å². The van der Waals surface area contributed by atoms with Gasteiger partial charge in [-0.3, -0.25) is 4.98 Å². The first-order valence-electron chi connectivity index (χ1n) is 7.17. The van der Waals surface area contributed by atoms with E-state index >= 15 is 0 Å². The van der Waals surface area contributed by atoms with Crippen LogP contribution in [0.1, 0.15) is 31.4 Å². The normalized spacial score (nSPS) is 30.9. The predicted octanol–water partition coefficient (Wildman–Crippen LogP) is 1.84. The molecule has 0 saturated carbocycles. The Bertz CT molecular complexity index is 367. The molecule has 18 heavy (non-hydrogen) atoms. The van der Waals surface area contributed by atoms with Crippen LogP contribution in [0.5, 0.6) is 0 Å². The fourth-order valence-corrected chi connectivity index (χ4v) is 3.41. The van der Waals surface area contributed by atoms with Crippen LogP contribution >= 0.6 is 0 Å². The Labute approximate surface area is 110 Å². The maximum atomic E-state index is 4.40. The smallest absolute Gasteiger partial charge is 0.0416 e. The second-order valence-electron chi connectivity index (χ2n) is 5.81. The highest BCUT2D eigenvalue weighted by Crippen LogP contribution is 2.29. The topological polar surface area (TPSA) is 28.2 Å². The van der Waals surface area contributed by atoms with Gasteiger partial charge in [0, 0.05) is 43.0 Å². The van der Waals surface area contributed by atoms with Crippen molar-refractivity contribution in [1.82, 2.24) is 15.2 Å². The van der Waals surface area contributed by atoms with E-state index in [4.69, 9.17) is 0 Å². The van der Waals surface area contributed by atoms with Crippen LogP contribution in [0.3, 0.4) is 0 Å². The molecular formula is C15H23N3. The Morgan fingerprint density at radius 2 is 2.06 bits per heavy atom. The van der Waals surface area contributed by atoms with Gasteiger partial charge < -0.3 is 10.2 Å². The van der Waals surface area contributed by atoms with Crippen molar-refractivity contribution in [2.75, 3.05) is 13.6 Å². The fourth-order valence-electron chi connectivity index (χ4n) is 3.41. The third-order valence-corrected chi connectivity index (χ3v) is 4.52. The maximum Gasteiger partial charge on any atom is 0.0416 e. The Kier molecular flexibility index (Phi) is 3.62. The van der Waals surface area contributed by atoms with Crippen molar-refractivity contribution in [1.29, 1.82) is 0 Å². The maximum absolute atomic E-state index is 4.40. The minimum Gasteiger partial charge on any atom is -0.311 e. The van der Waals surface area contributed by atoms with Crippen molar-refractivity contribution in [3.63, 3.8) is 0 Å². The molecule has 0 radical (unpaired) electrons. The van der Waals surface area contributed by atoms with Crippen molar-refractivity contribution in [3.05, 3.63) is 30.1 Å². The van der Waals surface area contributed by atoms with E-state index in [1.165, 1.54) is 31.4 Å². The summed E-state index contributed by atoms with van der Waals surface area (Å²) < 4.78 is 0. The molecule has 1 N–H and O–H groups in total. The lowest BCUT2D eigenvalue weighted by Crippen LogP contribution is -2.47. The first-order chi connectivity index (χ1) is 8.81. The SMILES string of the molecule is CN(CCc1ccccn1)C1CC2CCC(C1)N2. The summed E-state index contributed by atoms with van der Waals surface area (Å²) in [7, 11) is 2.28. The lowest BCUT2D eigenvalue weighted by atomic mass is 9.98. The third-order valence-electron chi connectivity index (χ3n) is 4.52. The average Bonchev–Trinajstić information content (AvgIpc) is 2.76. The minimum atomic E-state index is 0.771. The first kappa shape index (κ1) is 12.1. The molecule has 1 aromatic rings. The summed E-state index contributed by atoms with van der Waals surface area (Å²) in [6, 6.07) is 8.52. The minimum absolute atomic E-state index is 0.771. The molecule has 2 aliphatic heterocycles. The molecule has 3 nitrogen and oxygen atoms in total. The number of aromatic nitrogens is 1. The van der Waals surface area contributed by atoms with Crippen LogP contribution in [0.2, 0.25) is 0 Å². The van der Waals surface area contributed by atoms with E-state index in [0.29, 0.717) is 0 Å². The Morgan fingerprint density at radius 3 is 2.72 bits per heavy atom. The summed E-state index contributed by atoms with van der Waals surface area (Å²) in [6.45, 7) is 1.13. The number of fused-ring (bicyclic) bond motifs is 2. The van der Waals surface area contributed by atoms with Crippen molar-refractivity contribution in [3.8, 4) is 0 Å². The summed E-state index contributed by atoms with van der Waals surface area (Å²) in [5.41, 5.74) is 1.21. The standard InChI is InChI=1S/C15H23N3/c1-18(9-7-12-4-2-3-8-16-12)15-10-13-5-6-14(11-15)17-13/h2-4,8,13-15,17H,5-7,9-11H2,1H3. The fraction of sp³-hybridized carbons (Fsp3) is 0.667. The van der Waals surface area contributed by atoms with Crippen molar-refractivity contribution >= 4 is 0 Å². The molecular weight excluding hydrogens is 222 g/mol. The third kappa shape index (κ3) is 2.73. The Hall–Kier alpha value is -0.930. The van der Waals surface area contributed by atoms with Crippen molar-refractivity contribution in [2.24, 2.45) is 0 Å². The van der Waals surface area contributed by atoms with Gasteiger partial charge in [-0.15, -0.1) is 0 Å². The summed E-state index contributed by atoms with van der Waals surface area (Å²) >= 11 is 0. The van der Waals surface area contributed by atoms with Gasteiger partial charge in [0.2, 0.25) is 0 Å². The number of rotatable bonds is 4. The zero-order valence-electron chi connectivity index (χ0n) is 11.2. The molecule has 2 bridgehead atoms. The van der Waals surface area contributed by atoms with E-state index < -0.39 is 0 Å². The summed E-state index contributed by atoms with van der Waals surface area (Å²) in [5.74, 6) is 0. The number of nitrogens with one attached hydrogen (secondary N) is 1. The van der Waals surface area contributed by atoms with Gasteiger partial charge in [-0.05, 0) is 44.9 Å². The summed E-state index contributed by atoms with van der Waals surface area (Å²) in [5, 5.41) is 3.71. The molecule has 2 aliphatic rings. The molecule has 0 spiro atoms. The Morgan fingerprint density at radius 1 is 1.28 bits per heavy atom. The average molecular weight is 245 g/mol. The predicted molar refractivity (Wildman–Crippen MR) is 73.5 cm³/mol. The van der Waals surface area contributed by atoms with Gasteiger partial charge in [0.15, 0.2) is 0 Å². The molecule has 0 amide bonds.